The van der Waals surface area contributed by atoms with Crippen LogP contribution in [0.3, 0.4) is 0 Å². The number of likely N-dealkylation sites (N-methyl/N-ethyl adjacent to an activating group) is 1. The molecule has 0 aromatic heterocycles. The Hall–Kier alpha value is -0.860. The second-order valence-corrected chi connectivity index (χ2v) is 4.14. The molecule has 2 nitrogen and oxygen atoms in total. The molecule has 1 aromatic rings. The number of aryl methyl sites for hydroxylation is 3. The first-order valence-electron chi connectivity index (χ1n) is 5.61. The molecular weight excluding hydrogens is 184 g/mol. The fourth-order valence-electron chi connectivity index (χ4n) is 1.92. The van der Waals surface area contributed by atoms with Crippen molar-refractivity contribution in [3.8, 4) is 0 Å². The molecule has 0 amide bonds. The number of benzene rings is 1. The van der Waals surface area contributed by atoms with Crippen LogP contribution in [0.15, 0.2) is 12.1 Å². The minimum Gasteiger partial charge on any atom is -0.329 e. The first-order valence-corrected chi connectivity index (χ1v) is 5.61. The zero-order valence-electron chi connectivity index (χ0n) is 10.2. The van der Waals surface area contributed by atoms with E-state index >= 15 is 0 Å². The Morgan fingerprint density at radius 1 is 1.13 bits per heavy atom. The van der Waals surface area contributed by atoms with Crippen LogP contribution >= 0.6 is 0 Å². The van der Waals surface area contributed by atoms with Gasteiger partial charge in [-0.05, 0) is 49.6 Å². The molecule has 0 bridgehead atoms. The van der Waals surface area contributed by atoms with Crippen LogP contribution in [0.5, 0.6) is 0 Å². The molecule has 0 spiro atoms. The number of hydrogen-bond donors (Lipinski definition) is 2. The molecule has 2 heteroatoms. The zero-order chi connectivity index (χ0) is 11.4. The Bertz CT molecular complexity index is 332. The van der Waals surface area contributed by atoms with Crippen LogP contribution in [0.25, 0.3) is 0 Å². The molecule has 0 heterocycles. The van der Waals surface area contributed by atoms with Gasteiger partial charge in [-0.25, -0.2) is 0 Å². The minimum atomic E-state index is 0.286. The first kappa shape index (κ1) is 12.2. The molecule has 84 valence electrons. The summed E-state index contributed by atoms with van der Waals surface area (Å²) in [5.74, 6) is 0. The van der Waals surface area contributed by atoms with Crippen LogP contribution < -0.4 is 11.1 Å². The molecule has 0 aliphatic rings. The molecule has 1 aromatic carbocycles. The maximum Gasteiger partial charge on any atom is 0.0447 e. The van der Waals surface area contributed by atoms with Crippen molar-refractivity contribution in [3.05, 3.63) is 34.4 Å². The van der Waals surface area contributed by atoms with Gasteiger partial charge in [-0.3, -0.25) is 0 Å². The molecule has 15 heavy (non-hydrogen) atoms. The van der Waals surface area contributed by atoms with E-state index in [0.717, 1.165) is 6.54 Å². The number of hydrogen-bond acceptors (Lipinski definition) is 2. The van der Waals surface area contributed by atoms with E-state index in [1.807, 2.05) is 0 Å². The Kier molecular flexibility index (Phi) is 4.30. The van der Waals surface area contributed by atoms with Crippen molar-refractivity contribution in [1.82, 2.24) is 5.32 Å². The Morgan fingerprint density at radius 2 is 1.73 bits per heavy atom. The van der Waals surface area contributed by atoms with Gasteiger partial charge in [0.15, 0.2) is 0 Å². The van der Waals surface area contributed by atoms with E-state index in [1.165, 1.54) is 22.3 Å². The predicted molar refractivity (Wildman–Crippen MR) is 66.1 cm³/mol. The largest absolute Gasteiger partial charge is 0.329 e. The van der Waals surface area contributed by atoms with E-state index in [2.05, 4.69) is 45.1 Å². The van der Waals surface area contributed by atoms with Gasteiger partial charge in [-0.15, -0.1) is 0 Å². The van der Waals surface area contributed by atoms with Crippen molar-refractivity contribution in [2.24, 2.45) is 5.73 Å². The third-order valence-corrected chi connectivity index (χ3v) is 2.94. The van der Waals surface area contributed by atoms with Gasteiger partial charge in [-0.1, -0.05) is 19.1 Å². The van der Waals surface area contributed by atoms with Crippen molar-refractivity contribution >= 4 is 0 Å². The number of nitrogens with one attached hydrogen (secondary N) is 1. The van der Waals surface area contributed by atoms with Gasteiger partial charge in [0, 0.05) is 12.6 Å². The lowest BCUT2D eigenvalue weighted by molar-refractivity contribution is 0.559. The van der Waals surface area contributed by atoms with E-state index in [9.17, 15) is 0 Å². The molecule has 0 fully saturated rings. The molecule has 0 saturated heterocycles. The third-order valence-electron chi connectivity index (χ3n) is 2.94. The van der Waals surface area contributed by atoms with Crippen LogP contribution in [-0.2, 0) is 0 Å². The lowest BCUT2D eigenvalue weighted by Crippen LogP contribution is -2.28. The topological polar surface area (TPSA) is 38.0 Å². The summed E-state index contributed by atoms with van der Waals surface area (Å²) in [6.45, 7) is 10.2. The normalized spacial score (nSPS) is 12.9. The molecular formula is C13H22N2. The van der Waals surface area contributed by atoms with Gasteiger partial charge in [0.2, 0.25) is 0 Å². The number of rotatable bonds is 4. The zero-order valence-corrected chi connectivity index (χ0v) is 10.2. The van der Waals surface area contributed by atoms with Crippen LogP contribution in [0.1, 0.15) is 35.2 Å². The molecule has 3 N–H and O–H groups in total. The van der Waals surface area contributed by atoms with Gasteiger partial charge in [-0.2, -0.15) is 0 Å². The lowest BCUT2D eigenvalue weighted by atomic mass is 9.96. The maximum atomic E-state index is 5.79. The van der Waals surface area contributed by atoms with E-state index < -0.39 is 0 Å². The van der Waals surface area contributed by atoms with E-state index in [-0.39, 0.29) is 6.04 Å². The van der Waals surface area contributed by atoms with Gasteiger partial charge >= 0.3 is 0 Å². The van der Waals surface area contributed by atoms with Crippen LogP contribution in [0, 0.1) is 20.8 Å². The monoisotopic (exact) mass is 206 g/mol. The van der Waals surface area contributed by atoms with Crippen LogP contribution in [0.2, 0.25) is 0 Å². The molecule has 1 rings (SSSR count). The highest BCUT2D eigenvalue weighted by atomic mass is 14.9. The average Bonchev–Trinajstić information content (AvgIpc) is 2.20. The SMILES string of the molecule is CCNC(CN)c1cc(C)c(C)cc1C. The molecule has 0 saturated carbocycles. The summed E-state index contributed by atoms with van der Waals surface area (Å²) in [6, 6.07) is 4.78. The summed E-state index contributed by atoms with van der Waals surface area (Å²) in [6.07, 6.45) is 0. The highest BCUT2D eigenvalue weighted by Gasteiger charge is 2.11. The van der Waals surface area contributed by atoms with Gasteiger partial charge in [0.25, 0.3) is 0 Å². The molecule has 1 unspecified atom stereocenters. The molecule has 1 atom stereocenters. The number of nitrogens with two attached hydrogens (primary N) is 1. The summed E-state index contributed by atoms with van der Waals surface area (Å²) < 4.78 is 0. The van der Waals surface area contributed by atoms with Crippen LogP contribution in [0.4, 0.5) is 0 Å². The summed E-state index contributed by atoms with van der Waals surface area (Å²) in [4.78, 5) is 0. The quantitative estimate of drug-likeness (QED) is 0.792. The van der Waals surface area contributed by atoms with Gasteiger partial charge in [0.1, 0.15) is 0 Å². The van der Waals surface area contributed by atoms with Gasteiger partial charge in [0.05, 0.1) is 0 Å². The Balaban J connectivity index is 3.06. The molecule has 0 radical (unpaired) electrons. The molecule has 0 aliphatic heterocycles. The van der Waals surface area contributed by atoms with Crippen molar-refractivity contribution < 1.29 is 0 Å². The smallest absolute Gasteiger partial charge is 0.0447 e. The summed E-state index contributed by atoms with van der Waals surface area (Å²) in [5, 5.41) is 3.41. The van der Waals surface area contributed by atoms with E-state index in [4.69, 9.17) is 5.73 Å². The van der Waals surface area contributed by atoms with Gasteiger partial charge < -0.3 is 11.1 Å². The predicted octanol–water partition coefficient (Wildman–Crippen LogP) is 2.22. The standard InChI is InChI=1S/C13H22N2/c1-5-15-13(8-14)12-7-10(3)9(2)6-11(12)4/h6-7,13,15H,5,8,14H2,1-4H3. The minimum absolute atomic E-state index is 0.286. The molecule has 0 aliphatic carbocycles. The van der Waals surface area contributed by atoms with E-state index in [0.29, 0.717) is 6.54 Å². The fourth-order valence-corrected chi connectivity index (χ4v) is 1.92. The van der Waals surface area contributed by atoms with Crippen molar-refractivity contribution in [3.63, 3.8) is 0 Å². The van der Waals surface area contributed by atoms with Crippen molar-refractivity contribution in [2.45, 2.75) is 33.7 Å². The van der Waals surface area contributed by atoms with Crippen molar-refractivity contribution in [2.75, 3.05) is 13.1 Å². The van der Waals surface area contributed by atoms with Crippen molar-refractivity contribution in [1.29, 1.82) is 0 Å². The average molecular weight is 206 g/mol. The van der Waals surface area contributed by atoms with Crippen LogP contribution in [-0.4, -0.2) is 13.1 Å². The Labute approximate surface area is 92.9 Å². The first-order chi connectivity index (χ1) is 7.10. The highest BCUT2D eigenvalue weighted by molar-refractivity contribution is 5.38. The fraction of sp³-hybridized carbons (Fsp3) is 0.538. The summed E-state index contributed by atoms with van der Waals surface area (Å²) in [7, 11) is 0. The summed E-state index contributed by atoms with van der Waals surface area (Å²) in [5.41, 5.74) is 11.1. The van der Waals surface area contributed by atoms with E-state index in [1.54, 1.807) is 0 Å². The summed E-state index contributed by atoms with van der Waals surface area (Å²) >= 11 is 0. The second-order valence-electron chi connectivity index (χ2n) is 4.14. The second kappa shape index (κ2) is 5.29. The Morgan fingerprint density at radius 3 is 2.27 bits per heavy atom. The highest BCUT2D eigenvalue weighted by Crippen LogP contribution is 2.21. The lowest BCUT2D eigenvalue weighted by Gasteiger charge is -2.20. The maximum absolute atomic E-state index is 5.79. The third kappa shape index (κ3) is 2.80.